The summed E-state index contributed by atoms with van der Waals surface area (Å²) in [5, 5.41) is 11.6. The number of rotatable bonds is 2. The lowest BCUT2D eigenvalue weighted by atomic mass is 10.1. The first-order valence-corrected chi connectivity index (χ1v) is 5.91. The minimum atomic E-state index is 0.209. The lowest BCUT2D eigenvalue weighted by Gasteiger charge is -2.13. The lowest BCUT2D eigenvalue weighted by Crippen LogP contribution is -1.91. The maximum absolute atomic E-state index is 10.0. The molecular formula is C13H13BrO3. The summed E-state index contributed by atoms with van der Waals surface area (Å²) < 4.78 is 11.4. The van der Waals surface area contributed by atoms with Gasteiger partial charge >= 0.3 is 0 Å². The van der Waals surface area contributed by atoms with Crippen LogP contribution >= 0.6 is 15.9 Å². The normalized spacial score (nSPS) is 10.6. The van der Waals surface area contributed by atoms with Crippen molar-refractivity contribution in [2.24, 2.45) is 0 Å². The van der Waals surface area contributed by atoms with Gasteiger partial charge in [-0.25, -0.2) is 0 Å². The number of fused-ring (bicyclic) bond motifs is 1. The molecule has 0 saturated heterocycles. The van der Waals surface area contributed by atoms with Crippen LogP contribution in [0.25, 0.3) is 10.8 Å². The molecule has 0 aromatic heterocycles. The lowest BCUT2D eigenvalue weighted by molar-refractivity contribution is 0.394. The Bertz CT molecular complexity index is 579. The van der Waals surface area contributed by atoms with E-state index < -0.39 is 0 Å². The van der Waals surface area contributed by atoms with E-state index in [2.05, 4.69) is 15.9 Å². The van der Waals surface area contributed by atoms with Gasteiger partial charge in [0.1, 0.15) is 17.2 Å². The summed E-state index contributed by atoms with van der Waals surface area (Å²) >= 11 is 3.48. The molecule has 0 spiro atoms. The molecular weight excluding hydrogens is 284 g/mol. The highest BCUT2D eigenvalue weighted by atomic mass is 79.9. The molecule has 17 heavy (non-hydrogen) atoms. The largest absolute Gasteiger partial charge is 0.507 e. The highest BCUT2D eigenvalue weighted by Gasteiger charge is 2.15. The number of aromatic hydroxyl groups is 1. The maximum Gasteiger partial charge on any atom is 0.137 e. The average Bonchev–Trinajstić information content (AvgIpc) is 2.30. The zero-order valence-electron chi connectivity index (χ0n) is 9.87. The van der Waals surface area contributed by atoms with E-state index in [0.717, 1.165) is 15.4 Å². The predicted molar refractivity (Wildman–Crippen MR) is 71.2 cm³/mol. The zero-order valence-corrected chi connectivity index (χ0v) is 11.5. The van der Waals surface area contributed by atoms with Gasteiger partial charge in [0, 0.05) is 11.5 Å². The first-order chi connectivity index (χ1) is 8.08. The van der Waals surface area contributed by atoms with Gasteiger partial charge in [-0.3, -0.25) is 0 Å². The molecule has 2 rings (SSSR count). The van der Waals surface area contributed by atoms with Gasteiger partial charge in [-0.15, -0.1) is 0 Å². The molecule has 2 aromatic carbocycles. The number of halogens is 1. The second-order valence-electron chi connectivity index (χ2n) is 3.80. The predicted octanol–water partition coefficient (Wildman–Crippen LogP) is 3.63. The van der Waals surface area contributed by atoms with Gasteiger partial charge in [0.15, 0.2) is 0 Å². The van der Waals surface area contributed by atoms with Crippen molar-refractivity contribution in [1.29, 1.82) is 0 Å². The molecule has 0 heterocycles. The number of methoxy groups -OCH3 is 2. The SMILES string of the molecule is COc1cc(OC)c2c(O)cc(C)cc2c1Br. The monoisotopic (exact) mass is 296 g/mol. The number of phenols is 1. The highest BCUT2D eigenvalue weighted by molar-refractivity contribution is 9.10. The third-order valence-corrected chi connectivity index (χ3v) is 3.48. The number of aryl methyl sites for hydroxylation is 1. The topological polar surface area (TPSA) is 38.7 Å². The molecule has 0 saturated carbocycles. The molecule has 4 heteroatoms. The molecule has 0 bridgehead atoms. The number of ether oxygens (including phenoxy) is 2. The van der Waals surface area contributed by atoms with E-state index in [4.69, 9.17) is 9.47 Å². The fourth-order valence-electron chi connectivity index (χ4n) is 1.90. The second kappa shape index (κ2) is 4.45. The molecule has 0 radical (unpaired) electrons. The molecule has 1 N–H and O–H groups in total. The molecule has 0 unspecified atom stereocenters. The minimum Gasteiger partial charge on any atom is -0.507 e. The van der Waals surface area contributed by atoms with Gasteiger partial charge in [0.05, 0.1) is 24.1 Å². The third kappa shape index (κ3) is 1.93. The summed E-state index contributed by atoms with van der Waals surface area (Å²) in [5.41, 5.74) is 0.978. The van der Waals surface area contributed by atoms with Gasteiger partial charge in [-0.1, -0.05) is 0 Å². The van der Waals surface area contributed by atoms with Crippen molar-refractivity contribution in [1.82, 2.24) is 0 Å². The minimum absolute atomic E-state index is 0.209. The van der Waals surface area contributed by atoms with E-state index in [1.54, 1.807) is 26.4 Å². The van der Waals surface area contributed by atoms with E-state index in [9.17, 15) is 5.11 Å². The smallest absolute Gasteiger partial charge is 0.137 e. The Morgan fingerprint density at radius 3 is 2.29 bits per heavy atom. The Morgan fingerprint density at radius 2 is 1.71 bits per heavy atom. The Balaban J connectivity index is 2.94. The second-order valence-corrected chi connectivity index (χ2v) is 4.59. The molecule has 0 atom stereocenters. The van der Waals surface area contributed by atoms with E-state index in [0.29, 0.717) is 16.9 Å². The van der Waals surface area contributed by atoms with Crippen molar-refractivity contribution in [2.45, 2.75) is 6.92 Å². The Kier molecular flexibility index (Phi) is 3.15. The van der Waals surface area contributed by atoms with Gasteiger partial charge < -0.3 is 14.6 Å². The zero-order chi connectivity index (χ0) is 12.6. The van der Waals surface area contributed by atoms with E-state index >= 15 is 0 Å². The summed E-state index contributed by atoms with van der Waals surface area (Å²) in [6, 6.07) is 5.44. The Labute approximate surface area is 108 Å². The van der Waals surface area contributed by atoms with Crippen LogP contribution in [0.1, 0.15) is 5.56 Å². The van der Waals surface area contributed by atoms with Crippen LogP contribution in [0.3, 0.4) is 0 Å². The van der Waals surface area contributed by atoms with Crippen molar-refractivity contribution >= 4 is 26.7 Å². The quantitative estimate of drug-likeness (QED) is 0.920. The fraction of sp³-hybridized carbons (Fsp3) is 0.231. The molecule has 0 amide bonds. The van der Waals surface area contributed by atoms with Crippen LogP contribution in [-0.2, 0) is 0 Å². The molecule has 3 nitrogen and oxygen atoms in total. The summed E-state index contributed by atoms with van der Waals surface area (Å²) in [7, 11) is 3.17. The highest BCUT2D eigenvalue weighted by Crippen LogP contribution is 2.43. The number of hydrogen-bond acceptors (Lipinski definition) is 3. The van der Waals surface area contributed by atoms with Gasteiger partial charge in [-0.2, -0.15) is 0 Å². The van der Waals surface area contributed by atoms with Crippen LogP contribution < -0.4 is 9.47 Å². The summed E-state index contributed by atoms with van der Waals surface area (Å²) in [5.74, 6) is 1.48. The third-order valence-electron chi connectivity index (χ3n) is 2.66. The van der Waals surface area contributed by atoms with Crippen LogP contribution in [0, 0.1) is 6.92 Å². The van der Waals surface area contributed by atoms with Crippen LogP contribution in [-0.4, -0.2) is 19.3 Å². The van der Waals surface area contributed by atoms with Gasteiger partial charge in [0.2, 0.25) is 0 Å². The van der Waals surface area contributed by atoms with Crippen molar-refractivity contribution in [2.75, 3.05) is 14.2 Å². The fourth-order valence-corrected chi connectivity index (χ4v) is 2.49. The van der Waals surface area contributed by atoms with Crippen LogP contribution in [0.15, 0.2) is 22.7 Å². The van der Waals surface area contributed by atoms with Crippen molar-refractivity contribution < 1.29 is 14.6 Å². The first kappa shape index (κ1) is 12.0. The molecule has 0 aliphatic rings. The van der Waals surface area contributed by atoms with Crippen LogP contribution in [0.5, 0.6) is 17.2 Å². The van der Waals surface area contributed by atoms with E-state index in [1.165, 1.54) is 0 Å². The van der Waals surface area contributed by atoms with Gasteiger partial charge in [-0.05, 0) is 40.5 Å². The maximum atomic E-state index is 10.0. The number of hydrogen-bond donors (Lipinski definition) is 1. The Hall–Kier alpha value is -1.42. The number of phenolic OH excluding ortho intramolecular Hbond substituents is 1. The van der Waals surface area contributed by atoms with Crippen molar-refractivity contribution in [3.8, 4) is 17.2 Å². The molecule has 90 valence electrons. The summed E-state index contributed by atoms with van der Waals surface area (Å²) in [6.45, 7) is 1.93. The van der Waals surface area contributed by atoms with Crippen LogP contribution in [0.2, 0.25) is 0 Å². The van der Waals surface area contributed by atoms with Crippen LogP contribution in [0.4, 0.5) is 0 Å². The average molecular weight is 297 g/mol. The molecule has 0 aliphatic heterocycles. The first-order valence-electron chi connectivity index (χ1n) is 5.12. The Morgan fingerprint density at radius 1 is 1.06 bits per heavy atom. The standard InChI is InChI=1S/C13H13BrO3/c1-7-4-8-12(9(15)5-7)10(16-2)6-11(17-3)13(8)14/h4-6,15H,1-3H3. The summed E-state index contributed by atoms with van der Waals surface area (Å²) in [4.78, 5) is 0. The molecule has 0 aliphatic carbocycles. The number of benzene rings is 2. The van der Waals surface area contributed by atoms with E-state index in [1.807, 2.05) is 13.0 Å². The van der Waals surface area contributed by atoms with Crippen molar-refractivity contribution in [3.05, 3.63) is 28.2 Å². The summed E-state index contributed by atoms with van der Waals surface area (Å²) in [6.07, 6.45) is 0. The molecule has 2 aromatic rings. The van der Waals surface area contributed by atoms with E-state index in [-0.39, 0.29) is 5.75 Å². The van der Waals surface area contributed by atoms with Gasteiger partial charge in [0.25, 0.3) is 0 Å². The van der Waals surface area contributed by atoms with Crippen molar-refractivity contribution in [3.63, 3.8) is 0 Å². The molecule has 0 fully saturated rings.